The van der Waals surface area contributed by atoms with Crippen molar-refractivity contribution in [1.82, 2.24) is 9.80 Å². The third-order valence-corrected chi connectivity index (χ3v) is 9.45. The summed E-state index contributed by atoms with van der Waals surface area (Å²) >= 11 is 0. The molecule has 0 saturated carbocycles. The van der Waals surface area contributed by atoms with E-state index in [1.165, 1.54) is 12.1 Å². The Morgan fingerprint density at radius 2 is 1.29 bits per heavy atom. The van der Waals surface area contributed by atoms with Gasteiger partial charge in [-0.05, 0) is 73.7 Å². The molecule has 4 atom stereocenters. The lowest BCUT2D eigenvalue weighted by Gasteiger charge is -2.47. The lowest BCUT2D eigenvalue weighted by molar-refractivity contribution is -0.140. The Bertz CT molecular complexity index is 1850. The SMILES string of the molecule is CC(C)(C)OC(=O)N1CC(COc2ccccc2)OCC1[C@H](OCc1ccccc1)[C@H](Cc1cc(F)cc(F)c1)N(Cc1ccccc1)Cc1ccccc1. The van der Waals surface area contributed by atoms with Crippen molar-refractivity contribution in [3.05, 3.63) is 173 Å². The maximum absolute atomic E-state index is 14.9. The molecule has 0 N–H and O–H groups in total. The third kappa shape index (κ3) is 11.9. The monoisotopic (exact) mass is 748 g/mol. The van der Waals surface area contributed by atoms with E-state index in [4.69, 9.17) is 18.9 Å². The highest BCUT2D eigenvalue weighted by Gasteiger charge is 2.44. The number of morpholine rings is 1. The van der Waals surface area contributed by atoms with E-state index in [0.717, 1.165) is 22.8 Å². The van der Waals surface area contributed by atoms with Gasteiger partial charge < -0.3 is 18.9 Å². The van der Waals surface area contributed by atoms with Gasteiger partial charge in [0.05, 0.1) is 31.9 Å². The normalized spacial score (nSPS) is 17.1. The zero-order valence-corrected chi connectivity index (χ0v) is 31.7. The number of hydrogen-bond acceptors (Lipinski definition) is 6. The van der Waals surface area contributed by atoms with Gasteiger partial charge in [0.1, 0.15) is 35.7 Å². The molecule has 1 fully saturated rings. The molecule has 0 radical (unpaired) electrons. The van der Waals surface area contributed by atoms with Gasteiger partial charge in [0, 0.05) is 25.2 Å². The highest BCUT2D eigenvalue weighted by Crippen LogP contribution is 2.30. The number of hydrogen-bond donors (Lipinski definition) is 0. The zero-order valence-electron chi connectivity index (χ0n) is 31.7. The minimum atomic E-state index is -0.776. The van der Waals surface area contributed by atoms with E-state index in [-0.39, 0.29) is 32.8 Å². The Morgan fingerprint density at radius 1 is 0.764 bits per heavy atom. The molecule has 0 aromatic heterocycles. The van der Waals surface area contributed by atoms with Crippen LogP contribution in [0.4, 0.5) is 13.6 Å². The molecule has 5 aromatic carbocycles. The van der Waals surface area contributed by atoms with Crippen molar-refractivity contribution in [3.63, 3.8) is 0 Å². The fourth-order valence-corrected chi connectivity index (χ4v) is 6.94. The van der Waals surface area contributed by atoms with Crippen molar-refractivity contribution in [2.75, 3.05) is 19.8 Å². The number of carbonyl (C=O) groups excluding carboxylic acids is 1. The average Bonchev–Trinajstić information content (AvgIpc) is 3.17. The summed E-state index contributed by atoms with van der Waals surface area (Å²) < 4.78 is 55.4. The summed E-state index contributed by atoms with van der Waals surface area (Å²) in [5.41, 5.74) is 2.74. The van der Waals surface area contributed by atoms with Crippen LogP contribution in [0.1, 0.15) is 43.0 Å². The Morgan fingerprint density at radius 3 is 1.84 bits per heavy atom. The maximum atomic E-state index is 14.9. The molecule has 1 aliphatic heterocycles. The highest BCUT2D eigenvalue weighted by molar-refractivity contribution is 5.69. The first kappa shape index (κ1) is 39.6. The average molecular weight is 749 g/mol. The maximum Gasteiger partial charge on any atom is 0.410 e. The van der Waals surface area contributed by atoms with Gasteiger partial charge in [0.25, 0.3) is 0 Å². The summed E-state index contributed by atoms with van der Waals surface area (Å²) in [6.45, 7) is 7.23. The summed E-state index contributed by atoms with van der Waals surface area (Å²) in [4.78, 5) is 18.3. The predicted octanol–water partition coefficient (Wildman–Crippen LogP) is 9.25. The van der Waals surface area contributed by atoms with Crippen molar-refractivity contribution in [1.29, 1.82) is 0 Å². The summed E-state index contributed by atoms with van der Waals surface area (Å²) in [6, 6.07) is 41.9. The first-order valence-corrected chi connectivity index (χ1v) is 18.8. The topological polar surface area (TPSA) is 60.5 Å². The number of nitrogens with zero attached hydrogens (tertiary/aromatic N) is 2. The summed E-state index contributed by atoms with van der Waals surface area (Å²) in [5, 5.41) is 0. The molecule has 0 bridgehead atoms. The summed E-state index contributed by atoms with van der Waals surface area (Å²) in [7, 11) is 0. The zero-order chi connectivity index (χ0) is 38.6. The number of benzene rings is 5. The number of halogens is 2. The van der Waals surface area contributed by atoms with E-state index in [2.05, 4.69) is 29.2 Å². The Labute approximate surface area is 323 Å². The van der Waals surface area contributed by atoms with Gasteiger partial charge in [0.15, 0.2) is 0 Å². The smallest absolute Gasteiger partial charge is 0.410 e. The fourth-order valence-electron chi connectivity index (χ4n) is 6.94. The Balaban J connectivity index is 1.43. The first-order chi connectivity index (χ1) is 26.6. The number of carbonyl (C=O) groups is 1. The second kappa shape index (κ2) is 19.0. The van der Waals surface area contributed by atoms with Gasteiger partial charge in [-0.3, -0.25) is 9.80 Å². The van der Waals surface area contributed by atoms with E-state index < -0.39 is 47.6 Å². The fraction of sp³-hybridized carbons (Fsp3) is 0.326. The minimum absolute atomic E-state index is 0.111. The number of para-hydroxylation sites is 1. The van der Waals surface area contributed by atoms with Crippen molar-refractivity contribution < 1.29 is 32.5 Å². The van der Waals surface area contributed by atoms with Crippen LogP contribution >= 0.6 is 0 Å². The lowest BCUT2D eigenvalue weighted by atomic mass is 9.92. The molecule has 7 nitrogen and oxygen atoms in total. The van der Waals surface area contributed by atoms with Crippen LogP contribution in [0.15, 0.2) is 140 Å². The van der Waals surface area contributed by atoms with Gasteiger partial charge >= 0.3 is 6.09 Å². The van der Waals surface area contributed by atoms with E-state index in [1.807, 2.05) is 118 Å². The predicted molar refractivity (Wildman–Crippen MR) is 209 cm³/mol. The molecule has 0 aliphatic carbocycles. The van der Waals surface area contributed by atoms with Crippen LogP contribution in [-0.2, 0) is 40.3 Å². The van der Waals surface area contributed by atoms with Crippen LogP contribution in [0, 0.1) is 11.6 Å². The molecule has 288 valence electrons. The molecule has 1 amide bonds. The second-order valence-corrected chi connectivity index (χ2v) is 15.0. The molecule has 1 aliphatic rings. The molecule has 9 heteroatoms. The second-order valence-electron chi connectivity index (χ2n) is 15.0. The number of amides is 1. The molecule has 5 aromatic rings. The van der Waals surface area contributed by atoms with Crippen molar-refractivity contribution >= 4 is 6.09 Å². The van der Waals surface area contributed by atoms with Crippen molar-refractivity contribution in [2.24, 2.45) is 0 Å². The van der Waals surface area contributed by atoms with Crippen LogP contribution < -0.4 is 4.74 Å². The van der Waals surface area contributed by atoms with Crippen LogP contribution in [-0.4, -0.2) is 65.5 Å². The largest absolute Gasteiger partial charge is 0.491 e. The molecule has 1 heterocycles. The Kier molecular flexibility index (Phi) is 13.7. The van der Waals surface area contributed by atoms with Gasteiger partial charge in [-0.1, -0.05) is 109 Å². The molecule has 1 saturated heterocycles. The summed E-state index contributed by atoms with van der Waals surface area (Å²) in [5.74, 6) is -0.627. The van der Waals surface area contributed by atoms with Gasteiger partial charge in [-0.2, -0.15) is 0 Å². The van der Waals surface area contributed by atoms with Crippen LogP contribution in [0.5, 0.6) is 5.75 Å². The quantitative estimate of drug-likeness (QED) is 0.106. The van der Waals surface area contributed by atoms with Gasteiger partial charge in [-0.15, -0.1) is 0 Å². The number of ether oxygens (including phenoxy) is 4. The molecule has 2 unspecified atom stereocenters. The van der Waals surface area contributed by atoms with Crippen LogP contribution in [0.3, 0.4) is 0 Å². The van der Waals surface area contributed by atoms with E-state index in [1.54, 1.807) is 4.90 Å². The van der Waals surface area contributed by atoms with Crippen molar-refractivity contribution in [2.45, 2.75) is 76.8 Å². The summed E-state index contributed by atoms with van der Waals surface area (Å²) in [6.07, 6.45) is -1.47. The molecule has 0 spiro atoms. The highest BCUT2D eigenvalue weighted by atomic mass is 19.1. The first-order valence-electron chi connectivity index (χ1n) is 18.8. The third-order valence-electron chi connectivity index (χ3n) is 9.45. The van der Waals surface area contributed by atoms with Crippen LogP contribution in [0.25, 0.3) is 0 Å². The van der Waals surface area contributed by atoms with Crippen molar-refractivity contribution in [3.8, 4) is 5.75 Å². The van der Waals surface area contributed by atoms with Crippen LogP contribution in [0.2, 0.25) is 0 Å². The van der Waals surface area contributed by atoms with E-state index in [9.17, 15) is 13.6 Å². The van der Waals surface area contributed by atoms with E-state index >= 15 is 0 Å². The number of rotatable bonds is 15. The lowest BCUT2D eigenvalue weighted by Crippen LogP contribution is -2.63. The molecular formula is C46H50F2N2O5. The van der Waals surface area contributed by atoms with E-state index in [0.29, 0.717) is 24.4 Å². The molecule has 6 rings (SSSR count). The molecule has 55 heavy (non-hydrogen) atoms. The minimum Gasteiger partial charge on any atom is -0.491 e. The Hall–Kier alpha value is -5.09. The standard InChI is InChI=1S/C46H50F2N2O5/c1-46(2,3)55-45(51)50-30-41(32-52-40-22-14-7-15-23-40)53-33-43(50)44(54-31-36-20-12-6-13-21-36)42(26-37-24-38(47)27-39(48)25-37)49(28-34-16-8-4-9-17-34)29-35-18-10-5-11-19-35/h4-25,27,41-44H,26,28-33H2,1-3H3/t41?,42-,43?,44+/m0/s1. The molecular weight excluding hydrogens is 699 g/mol. The van der Waals surface area contributed by atoms with Gasteiger partial charge in [0.2, 0.25) is 0 Å². The van der Waals surface area contributed by atoms with Gasteiger partial charge in [-0.25, -0.2) is 13.6 Å².